The van der Waals surface area contributed by atoms with Crippen molar-refractivity contribution in [2.24, 2.45) is 0 Å². The number of methoxy groups -OCH3 is 3. The van der Waals surface area contributed by atoms with Crippen LogP contribution < -0.4 is 0 Å². The van der Waals surface area contributed by atoms with Crippen molar-refractivity contribution in [1.82, 2.24) is 0 Å². The molecule has 2 aliphatic heterocycles. The molecular formula is C59H74O13. The lowest BCUT2D eigenvalue weighted by Crippen LogP contribution is -2.66. The van der Waals surface area contributed by atoms with Gasteiger partial charge in [0.05, 0.1) is 53.4 Å². The second-order valence-corrected chi connectivity index (χ2v) is 18.2. The van der Waals surface area contributed by atoms with Crippen molar-refractivity contribution in [2.75, 3.05) is 41.2 Å². The van der Waals surface area contributed by atoms with Gasteiger partial charge in [-0.3, -0.25) is 4.79 Å². The summed E-state index contributed by atoms with van der Waals surface area (Å²) in [5.74, 6) is -0.174. The van der Waals surface area contributed by atoms with Gasteiger partial charge in [0.25, 0.3) is 0 Å². The molecule has 0 unspecified atom stereocenters. The third-order valence-electron chi connectivity index (χ3n) is 12.9. The van der Waals surface area contributed by atoms with Gasteiger partial charge >= 0.3 is 5.97 Å². The first-order valence-corrected chi connectivity index (χ1v) is 25.4. The Morgan fingerprint density at radius 1 is 0.417 bits per heavy atom. The van der Waals surface area contributed by atoms with Gasteiger partial charge in [-0.15, -0.1) is 0 Å². The highest BCUT2D eigenvalue weighted by Crippen LogP contribution is 2.36. The minimum absolute atomic E-state index is 0.152. The second kappa shape index (κ2) is 31.0. The molecule has 2 heterocycles. The average molecular weight is 991 g/mol. The summed E-state index contributed by atoms with van der Waals surface area (Å²) in [6.45, 7) is 2.17. The van der Waals surface area contributed by atoms with E-state index in [1.54, 1.807) is 14.2 Å². The molecule has 0 N–H and O–H groups in total. The molecule has 10 atom stereocenters. The fourth-order valence-corrected chi connectivity index (χ4v) is 9.09. The van der Waals surface area contributed by atoms with Gasteiger partial charge in [0.2, 0.25) is 0 Å². The first-order valence-electron chi connectivity index (χ1n) is 25.4. The summed E-state index contributed by atoms with van der Waals surface area (Å²) in [4.78, 5) is 11.6. The van der Waals surface area contributed by atoms with E-state index in [9.17, 15) is 4.79 Å². The summed E-state index contributed by atoms with van der Waals surface area (Å²) in [5.41, 5.74) is 4.95. The van der Waals surface area contributed by atoms with E-state index in [1.165, 1.54) is 7.11 Å². The maximum absolute atomic E-state index is 11.6. The molecule has 72 heavy (non-hydrogen) atoms. The molecule has 13 nitrogen and oxygen atoms in total. The quantitative estimate of drug-likeness (QED) is 0.0309. The Balaban J connectivity index is 1.22. The lowest BCUT2D eigenvalue weighted by molar-refractivity contribution is -0.382. The predicted octanol–water partition coefficient (Wildman–Crippen LogP) is 9.96. The number of carbonyl (C=O) groups is 1. The fourth-order valence-electron chi connectivity index (χ4n) is 9.09. The van der Waals surface area contributed by atoms with Gasteiger partial charge in [0.15, 0.2) is 12.6 Å². The van der Waals surface area contributed by atoms with Gasteiger partial charge in [-0.2, -0.15) is 0 Å². The van der Waals surface area contributed by atoms with Crippen LogP contribution in [0.25, 0.3) is 0 Å². The van der Waals surface area contributed by atoms with Crippen molar-refractivity contribution in [2.45, 2.75) is 139 Å². The largest absolute Gasteiger partial charge is 0.469 e. The minimum atomic E-state index is -1.08. The number of carbonyl (C=O) groups excluding carboxylic acids is 1. The van der Waals surface area contributed by atoms with Crippen LogP contribution in [0.5, 0.6) is 0 Å². The van der Waals surface area contributed by atoms with Crippen molar-refractivity contribution >= 4 is 5.97 Å². The smallest absolute Gasteiger partial charge is 0.305 e. The van der Waals surface area contributed by atoms with Gasteiger partial charge in [0.1, 0.15) is 48.8 Å². The monoisotopic (exact) mass is 991 g/mol. The highest BCUT2D eigenvalue weighted by Gasteiger charge is 2.54. The highest BCUT2D eigenvalue weighted by atomic mass is 16.8. The van der Waals surface area contributed by atoms with Gasteiger partial charge in [-0.1, -0.05) is 177 Å². The van der Waals surface area contributed by atoms with Crippen molar-refractivity contribution in [3.8, 4) is 0 Å². The Morgan fingerprint density at radius 3 is 1.32 bits per heavy atom. The van der Waals surface area contributed by atoms with Gasteiger partial charge < -0.3 is 56.8 Å². The Morgan fingerprint density at radius 2 is 0.833 bits per heavy atom. The zero-order valence-electron chi connectivity index (χ0n) is 42.1. The van der Waals surface area contributed by atoms with Crippen molar-refractivity contribution in [3.63, 3.8) is 0 Å². The van der Waals surface area contributed by atoms with Crippen LogP contribution in [0.4, 0.5) is 0 Å². The summed E-state index contributed by atoms with van der Waals surface area (Å²) >= 11 is 0. The summed E-state index contributed by atoms with van der Waals surface area (Å²) in [6, 6.07) is 50.2. The van der Waals surface area contributed by atoms with E-state index in [-0.39, 0.29) is 45.6 Å². The molecular weight excluding hydrogens is 917 g/mol. The third-order valence-corrected chi connectivity index (χ3v) is 12.9. The van der Waals surface area contributed by atoms with Crippen LogP contribution in [0.15, 0.2) is 152 Å². The maximum atomic E-state index is 11.6. The van der Waals surface area contributed by atoms with Gasteiger partial charge in [-0.25, -0.2) is 0 Å². The molecule has 2 aliphatic rings. The lowest BCUT2D eigenvalue weighted by Gasteiger charge is -2.50. The van der Waals surface area contributed by atoms with Gasteiger partial charge in [0, 0.05) is 27.2 Å². The summed E-state index contributed by atoms with van der Waals surface area (Å²) in [5, 5.41) is 0. The summed E-state index contributed by atoms with van der Waals surface area (Å²) in [7, 11) is 4.70. The molecule has 5 aromatic rings. The number of esters is 1. The number of ether oxygens (including phenoxy) is 12. The molecule has 0 aliphatic carbocycles. The lowest BCUT2D eigenvalue weighted by atomic mass is 9.96. The SMILES string of the molecule is COC[C@H]1O[C@H](OCCCCCCCCC(=O)OC)[C@H](O[C@H]2O[C@H](COCc3ccccc3)[C@@H](OCc3ccccc3)[C@H](OCc3ccccc3)[C@H]2OCc2ccccc2)[C@@H](OCc2ccccc2)[C@@H]1OC. The molecule has 0 saturated carbocycles. The third kappa shape index (κ3) is 17.4. The van der Waals surface area contributed by atoms with Gasteiger partial charge in [-0.05, 0) is 40.7 Å². The Hall–Kier alpha value is -4.87. The molecule has 5 aromatic carbocycles. The van der Waals surface area contributed by atoms with Crippen LogP contribution in [0.3, 0.4) is 0 Å². The number of unbranched alkanes of at least 4 members (excludes halogenated alkanes) is 5. The van der Waals surface area contributed by atoms with Crippen LogP contribution in [-0.4, -0.2) is 109 Å². The van der Waals surface area contributed by atoms with E-state index >= 15 is 0 Å². The van der Waals surface area contributed by atoms with E-state index in [0.29, 0.717) is 19.6 Å². The van der Waals surface area contributed by atoms with E-state index in [4.69, 9.17) is 56.8 Å². The number of hydrogen-bond donors (Lipinski definition) is 0. The van der Waals surface area contributed by atoms with Crippen LogP contribution in [0.1, 0.15) is 72.8 Å². The van der Waals surface area contributed by atoms with E-state index < -0.39 is 61.4 Å². The van der Waals surface area contributed by atoms with Crippen LogP contribution in [0.2, 0.25) is 0 Å². The standard InChI is InChI=1S/C59H74O13/c1-61-42-49-52(63-3)54(67-39-46-29-17-10-18-30-46)57(58(70-49)65-36-24-7-5-4-6-23-35-51(60)62-2)72-59-56(69-41-48-33-21-12-22-34-48)55(68-40-47-31-19-11-20-32-47)53(66-38-45-27-15-9-16-28-45)50(71-59)43-64-37-44-25-13-8-14-26-44/h8-22,25-34,49-50,52-59H,4-7,23-24,35-43H2,1-3H3/t49-,50-,52-,53-,54+,55+,56-,57-,58+,59-/m1/s1. The number of rotatable bonds is 31. The Labute approximate surface area is 426 Å². The first kappa shape index (κ1) is 54.9. The van der Waals surface area contributed by atoms with Crippen LogP contribution in [-0.2, 0) is 94.7 Å². The predicted molar refractivity (Wildman–Crippen MR) is 271 cm³/mol. The van der Waals surface area contributed by atoms with E-state index in [1.807, 2.05) is 152 Å². The molecule has 2 fully saturated rings. The number of hydrogen-bond acceptors (Lipinski definition) is 13. The molecule has 0 amide bonds. The summed E-state index contributed by atoms with van der Waals surface area (Å²) < 4.78 is 79.3. The molecule has 388 valence electrons. The zero-order valence-corrected chi connectivity index (χ0v) is 42.1. The molecule has 13 heteroatoms. The molecule has 0 spiro atoms. The molecule has 0 radical (unpaired) electrons. The molecule has 2 saturated heterocycles. The highest BCUT2D eigenvalue weighted by molar-refractivity contribution is 5.68. The normalized spacial score (nSPS) is 24.2. The number of benzene rings is 5. The second-order valence-electron chi connectivity index (χ2n) is 18.2. The van der Waals surface area contributed by atoms with E-state index in [0.717, 1.165) is 66.3 Å². The Bertz CT molecular complexity index is 2190. The van der Waals surface area contributed by atoms with Crippen molar-refractivity contribution in [3.05, 3.63) is 179 Å². The fraction of sp³-hybridized carbons (Fsp3) is 0.475. The first-order chi connectivity index (χ1) is 35.5. The molecule has 0 aromatic heterocycles. The minimum Gasteiger partial charge on any atom is -0.469 e. The molecule has 0 bridgehead atoms. The molecule has 7 rings (SSSR count). The van der Waals surface area contributed by atoms with Crippen LogP contribution >= 0.6 is 0 Å². The average Bonchev–Trinajstić information content (AvgIpc) is 3.42. The van der Waals surface area contributed by atoms with Crippen LogP contribution in [0, 0.1) is 0 Å². The van der Waals surface area contributed by atoms with Crippen molar-refractivity contribution in [1.29, 1.82) is 0 Å². The summed E-state index contributed by atoms with van der Waals surface area (Å²) in [6.07, 6.45) is -1.89. The topological polar surface area (TPSA) is 128 Å². The Kier molecular flexibility index (Phi) is 23.6. The zero-order chi connectivity index (χ0) is 50.0. The van der Waals surface area contributed by atoms with Crippen molar-refractivity contribution < 1.29 is 61.6 Å². The maximum Gasteiger partial charge on any atom is 0.305 e. The van der Waals surface area contributed by atoms with E-state index in [2.05, 4.69) is 0 Å².